The van der Waals surface area contributed by atoms with Crippen LogP contribution in [-0.4, -0.2) is 53.6 Å². The molecule has 3 N–H and O–H groups in total. The van der Waals surface area contributed by atoms with Crippen molar-refractivity contribution in [1.82, 2.24) is 9.78 Å². The molecule has 10 nitrogen and oxygen atoms in total. The lowest BCUT2D eigenvalue weighted by Crippen LogP contribution is -2.44. The Kier molecular flexibility index (Phi) is 6.16. The van der Waals surface area contributed by atoms with Gasteiger partial charge in [-0.3, -0.25) is 14.3 Å². The average Bonchev–Trinajstić information content (AvgIpc) is 3.21. The maximum absolute atomic E-state index is 14.1. The summed E-state index contributed by atoms with van der Waals surface area (Å²) in [6.07, 6.45) is -4.82. The summed E-state index contributed by atoms with van der Waals surface area (Å²) in [5, 5.41) is 22.0. The van der Waals surface area contributed by atoms with Crippen LogP contribution in [0.2, 0.25) is 0 Å². The van der Waals surface area contributed by atoms with Gasteiger partial charge in [0.2, 0.25) is 5.91 Å². The number of carbonyl (C=O) groups is 2. The number of ether oxygens (including phenoxy) is 1. The molecule has 198 valence electrons. The summed E-state index contributed by atoms with van der Waals surface area (Å²) in [7, 11) is -2.03. The van der Waals surface area contributed by atoms with Gasteiger partial charge in [0.05, 0.1) is 34.1 Å². The minimum atomic E-state index is -5.04. The molecule has 2 aromatic rings. The van der Waals surface area contributed by atoms with Crippen LogP contribution in [0.25, 0.3) is 11.1 Å². The third-order valence-electron chi connectivity index (χ3n) is 7.59. The van der Waals surface area contributed by atoms with E-state index in [1.165, 1.54) is 23.1 Å². The number of hydrogen-bond donors (Lipinski definition) is 2. The first-order chi connectivity index (χ1) is 17.1. The number of carbonyl (C=O) groups excluding carboxylic acids is 1. The summed E-state index contributed by atoms with van der Waals surface area (Å²) in [5.74, 6) is -3.71. The number of aliphatic carboxylic acids is 1. The number of aryl methyl sites for hydroxylation is 1. The molecule has 14 heteroatoms. The van der Waals surface area contributed by atoms with Crippen LogP contribution in [0.1, 0.15) is 24.8 Å². The van der Waals surface area contributed by atoms with E-state index in [-0.39, 0.29) is 12.0 Å². The Morgan fingerprint density at radius 1 is 1.30 bits per heavy atom. The number of carboxylic acid groups (broad SMARTS) is 1. The maximum Gasteiger partial charge on any atom is 0.417 e. The van der Waals surface area contributed by atoms with E-state index in [0.29, 0.717) is 11.6 Å². The Bertz CT molecular complexity index is 1430. The number of nitrogens with two attached hydrogens (primary N) is 1. The Balaban J connectivity index is 1.79. The van der Waals surface area contributed by atoms with Gasteiger partial charge in [0.1, 0.15) is 10.8 Å². The predicted molar refractivity (Wildman–Crippen MR) is 120 cm³/mol. The van der Waals surface area contributed by atoms with Gasteiger partial charge in [0.15, 0.2) is 9.84 Å². The summed E-state index contributed by atoms with van der Waals surface area (Å²) in [6, 6.07) is 4.53. The van der Waals surface area contributed by atoms with Gasteiger partial charge in [-0.15, -0.1) is 0 Å². The largest absolute Gasteiger partial charge is 0.481 e. The fourth-order valence-electron chi connectivity index (χ4n) is 5.59. The van der Waals surface area contributed by atoms with E-state index in [1.54, 1.807) is 13.1 Å². The molecule has 2 aliphatic carbocycles. The molecule has 0 spiro atoms. The number of nitrogens with zero attached hydrogens (tertiary/aromatic N) is 3. The van der Waals surface area contributed by atoms with E-state index in [4.69, 9.17) is 10.5 Å². The predicted octanol–water partition coefficient (Wildman–Crippen LogP) is 2.14. The topological polar surface area (TPSA) is 165 Å². The van der Waals surface area contributed by atoms with Gasteiger partial charge >= 0.3 is 12.1 Å². The second kappa shape index (κ2) is 8.56. The van der Waals surface area contributed by atoms with Crippen LogP contribution in [0.3, 0.4) is 0 Å². The van der Waals surface area contributed by atoms with Crippen molar-refractivity contribution in [3.8, 4) is 17.2 Å². The fourth-order valence-corrected chi connectivity index (χ4v) is 7.61. The van der Waals surface area contributed by atoms with Crippen LogP contribution in [-0.2, 0) is 37.4 Å². The third kappa shape index (κ3) is 3.97. The zero-order chi connectivity index (χ0) is 27.6. The van der Waals surface area contributed by atoms with E-state index in [0.717, 1.165) is 13.2 Å². The number of nitriles is 1. The molecule has 5 atom stereocenters. The molecule has 1 heterocycles. The van der Waals surface area contributed by atoms with Gasteiger partial charge in [0.25, 0.3) is 0 Å². The average molecular weight is 541 g/mol. The lowest BCUT2D eigenvalue weighted by atomic mass is 9.75. The second-order valence-electron chi connectivity index (χ2n) is 9.49. The molecule has 2 aliphatic rings. The molecule has 0 bridgehead atoms. The molecule has 2 unspecified atom stereocenters. The number of methoxy groups -OCH3 is 1. The van der Waals surface area contributed by atoms with Crippen LogP contribution in [0.15, 0.2) is 35.5 Å². The summed E-state index contributed by atoms with van der Waals surface area (Å²) in [5.41, 5.74) is 0.555. The minimum absolute atomic E-state index is 0.0960. The molecule has 2 fully saturated rings. The first-order valence-corrected chi connectivity index (χ1v) is 12.6. The van der Waals surface area contributed by atoms with Gasteiger partial charge in [-0.2, -0.15) is 23.5 Å². The number of primary amides is 1. The second-order valence-corrected chi connectivity index (χ2v) is 11.7. The van der Waals surface area contributed by atoms with Crippen molar-refractivity contribution in [2.24, 2.45) is 29.5 Å². The highest BCUT2D eigenvalue weighted by atomic mass is 32.2. The van der Waals surface area contributed by atoms with E-state index >= 15 is 0 Å². The monoisotopic (exact) mass is 540 g/mol. The summed E-state index contributed by atoms with van der Waals surface area (Å²) >= 11 is 0. The van der Waals surface area contributed by atoms with Crippen LogP contribution in [0.5, 0.6) is 0 Å². The highest BCUT2D eigenvalue weighted by Gasteiger charge is 2.75. The SMILES string of the molecule is CO[C@@H]1C[C@H](S(=O)(=O)c2ccc(-c3cnn(C)c3)cc2C(F)(F)F)C[C@@]1(C(=O)O)C1CC1(C#N)C(N)=O. The van der Waals surface area contributed by atoms with Crippen molar-refractivity contribution in [2.75, 3.05) is 7.11 Å². The maximum atomic E-state index is 14.1. The van der Waals surface area contributed by atoms with Gasteiger partial charge in [-0.25, -0.2) is 8.42 Å². The van der Waals surface area contributed by atoms with E-state index in [2.05, 4.69) is 5.10 Å². The smallest absolute Gasteiger partial charge is 0.417 e. The third-order valence-corrected chi connectivity index (χ3v) is 9.80. The molecule has 0 saturated heterocycles. The molecule has 4 rings (SSSR count). The number of sulfone groups is 1. The Labute approximate surface area is 209 Å². The highest BCUT2D eigenvalue weighted by Crippen LogP contribution is 2.66. The van der Waals surface area contributed by atoms with Gasteiger partial charge in [-0.1, -0.05) is 6.07 Å². The normalized spacial score (nSPS) is 29.6. The van der Waals surface area contributed by atoms with Crippen LogP contribution >= 0.6 is 0 Å². The highest BCUT2D eigenvalue weighted by molar-refractivity contribution is 7.92. The number of aromatic nitrogens is 2. The zero-order valence-electron chi connectivity index (χ0n) is 19.7. The van der Waals surface area contributed by atoms with Gasteiger partial charge in [-0.05, 0) is 37.0 Å². The Morgan fingerprint density at radius 2 is 1.97 bits per heavy atom. The number of rotatable bonds is 7. The molecule has 37 heavy (non-hydrogen) atoms. The minimum Gasteiger partial charge on any atom is -0.481 e. The summed E-state index contributed by atoms with van der Waals surface area (Å²) < 4.78 is 76.1. The molecule has 2 saturated carbocycles. The molecule has 1 aromatic carbocycles. The Morgan fingerprint density at radius 3 is 2.43 bits per heavy atom. The molecular weight excluding hydrogens is 517 g/mol. The quantitative estimate of drug-likeness (QED) is 0.539. The lowest BCUT2D eigenvalue weighted by molar-refractivity contribution is -0.159. The van der Waals surface area contributed by atoms with Gasteiger partial charge < -0.3 is 15.6 Å². The number of halogens is 3. The number of benzene rings is 1. The van der Waals surface area contributed by atoms with Crippen LogP contribution < -0.4 is 5.73 Å². The molecule has 1 amide bonds. The van der Waals surface area contributed by atoms with Crippen molar-refractivity contribution in [2.45, 2.75) is 41.7 Å². The van der Waals surface area contributed by atoms with E-state index in [9.17, 15) is 41.5 Å². The fraction of sp³-hybridized carbons (Fsp3) is 0.478. The van der Waals surface area contributed by atoms with Crippen molar-refractivity contribution in [3.63, 3.8) is 0 Å². The molecule has 0 aliphatic heterocycles. The van der Waals surface area contributed by atoms with Crippen molar-refractivity contribution in [3.05, 3.63) is 36.2 Å². The zero-order valence-corrected chi connectivity index (χ0v) is 20.5. The van der Waals surface area contributed by atoms with Crippen molar-refractivity contribution in [1.29, 1.82) is 5.26 Å². The lowest BCUT2D eigenvalue weighted by Gasteiger charge is -2.31. The van der Waals surface area contributed by atoms with E-state index in [1.807, 2.05) is 0 Å². The van der Waals surface area contributed by atoms with Crippen molar-refractivity contribution < 1.29 is 41.0 Å². The van der Waals surface area contributed by atoms with Crippen molar-refractivity contribution >= 4 is 21.7 Å². The van der Waals surface area contributed by atoms with Gasteiger partial charge in [0, 0.05) is 31.8 Å². The summed E-state index contributed by atoms with van der Waals surface area (Å²) in [6.45, 7) is 0. The number of hydrogen-bond acceptors (Lipinski definition) is 7. The van der Waals surface area contributed by atoms with E-state index < -0.39 is 79.3 Å². The molecule has 1 aromatic heterocycles. The molecular formula is C23H23F3N4O6S. The first kappa shape index (κ1) is 26.6. The molecule has 0 radical (unpaired) electrons. The summed E-state index contributed by atoms with van der Waals surface area (Å²) in [4.78, 5) is 23.5. The number of alkyl halides is 3. The standard InChI is InChI=1S/C23H23F3N4O6S/c1-30-10-13(9-29-30)12-3-4-16(15(5-12)23(24,25)26)37(34,35)14-6-18(36-2)22(7-14,20(32)33)17-8-21(17,11-27)19(28)31/h3-5,9-10,14,17-18H,6-8H2,1-2H3,(H2,28,31)(H,32,33)/t14-,17?,18+,21?,22+/m0/s1. The van der Waals surface area contributed by atoms with Crippen LogP contribution in [0.4, 0.5) is 13.2 Å². The first-order valence-electron chi connectivity index (χ1n) is 11.1. The Hall–Kier alpha value is -3.44. The van der Waals surface area contributed by atoms with Crippen LogP contribution in [0, 0.1) is 28.1 Å². The number of carboxylic acids is 1. The number of amides is 1.